The maximum atomic E-state index is 13.9. The minimum absolute atomic E-state index is 0.291. The van der Waals surface area contributed by atoms with Gasteiger partial charge in [-0.1, -0.05) is 20.3 Å². The predicted octanol–water partition coefficient (Wildman–Crippen LogP) is 3.17. The first-order valence-electron chi connectivity index (χ1n) is 6.44. The summed E-state index contributed by atoms with van der Waals surface area (Å²) in [6, 6.07) is 0. The van der Waals surface area contributed by atoms with Crippen LogP contribution in [0.5, 0.6) is 0 Å². The van der Waals surface area contributed by atoms with Gasteiger partial charge in [-0.3, -0.25) is 0 Å². The molecule has 0 saturated heterocycles. The number of rotatable bonds is 5. The summed E-state index contributed by atoms with van der Waals surface area (Å²) in [4.78, 5) is 7.92. The molecule has 1 heterocycles. The topological polar surface area (TPSA) is 37.8 Å². The second-order valence-electron chi connectivity index (χ2n) is 4.90. The van der Waals surface area contributed by atoms with Crippen molar-refractivity contribution in [2.75, 3.05) is 11.9 Å². The van der Waals surface area contributed by atoms with Crippen LogP contribution in [0.25, 0.3) is 0 Å². The van der Waals surface area contributed by atoms with Crippen molar-refractivity contribution in [3.63, 3.8) is 0 Å². The zero-order valence-corrected chi connectivity index (χ0v) is 10.6. The number of aromatic nitrogens is 2. The van der Waals surface area contributed by atoms with E-state index >= 15 is 0 Å². The summed E-state index contributed by atoms with van der Waals surface area (Å²) in [7, 11) is 0. The minimum Gasteiger partial charge on any atom is -0.367 e. The highest BCUT2D eigenvalue weighted by atomic mass is 19.1. The number of halogens is 1. The molecule has 1 aromatic heterocycles. The van der Waals surface area contributed by atoms with E-state index in [1.807, 2.05) is 6.92 Å². The SMILES string of the molecule is CCc1ncnc(NCC2(CC)CCC2)c1F. The molecule has 3 nitrogen and oxygen atoms in total. The van der Waals surface area contributed by atoms with E-state index in [9.17, 15) is 4.39 Å². The maximum Gasteiger partial charge on any atom is 0.186 e. The lowest BCUT2D eigenvalue weighted by molar-refractivity contribution is 0.144. The van der Waals surface area contributed by atoms with Crippen LogP contribution in [-0.4, -0.2) is 16.5 Å². The number of aryl methyl sites for hydroxylation is 1. The minimum atomic E-state index is -0.291. The van der Waals surface area contributed by atoms with Crippen molar-refractivity contribution in [3.05, 3.63) is 17.8 Å². The molecule has 0 unspecified atom stereocenters. The first-order valence-corrected chi connectivity index (χ1v) is 6.44. The van der Waals surface area contributed by atoms with Crippen molar-refractivity contribution >= 4 is 5.82 Å². The van der Waals surface area contributed by atoms with Crippen LogP contribution in [0.2, 0.25) is 0 Å². The molecule has 1 aliphatic carbocycles. The van der Waals surface area contributed by atoms with E-state index in [0.717, 1.165) is 13.0 Å². The highest BCUT2D eigenvalue weighted by Gasteiger charge is 2.35. The summed E-state index contributed by atoms with van der Waals surface area (Å²) in [5, 5.41) is 3.16. The van der Waals surface area contributed by atoms with Crippen LogP contribution < -0.4 is 5.32 Å². The van der Waals surface area contributed by atoms with Crippen LogP contribution in [0.3, 0.4) is 0 Å². The van der Waals surface area contributed by atoms with Gasteiger partial charge in [-0.05, 0) is 31.1 Å². The number of nitrogens with one attached hydrogen (secondary N) is 1. The Morgan fingerprint density at radius 3 is 2.65 bits per heavy atom. The number of hydrogen-bond acceptors (Lipinski definition) is 3. The first kappa shape index (κ1) is 12.3. The summed E-state index contributed by atoms with van der Waals surface area (Å²) >= 11 is 0. The van der Waals surface area contributed by atoms with E-state index in [1.54, 1.807) is 0 Å². The Hall–Kier alpha value is -1.19. The van der Waals surface area contributed by atoms with Gasteiger partial charge in [0, 0.05) is 6.54 Å². The molecular formula is C13H20FN3. The standard InChI is InChI=1S/C13H20FN3/c1-3-10-11(14)12(17-9-16-10)15-8-13(4-2)6-5-7-13/h9H,3-8H2,1-2H3,(H,15,16,17). The van der Waals surface area contributed by atoms with Crippen molar-refractivity contribution in [2.24, 2.45) is 5.41 Å². The normalized spacial score (nSPS) is 17.6. The van der Waals surface area contributed by atoms with E-state index in [-0.39, 0.29) is 5.82 Å². The zero-order chi connectivity index (χ0) is 12.3. The van der Waals surface area contributed by atoms with Crippen molar-refractivity contribution in [1.29, 1.82) is 0 Å². The van der Waals surface area contributed by atoms with Crippen LogP contribution in [0.15, 0.2) is 6.33 Å². The Kier molecular flexibility index (Phi) is 3.60. The lowest BCUT2D eigenvalue weighted by atomic mass is 9.67. The molecule has 1 aromatic rings. The molecule has 0 amide bonds. The van der Waals surface area contributed by atoms with Crippen molar-refractivity contribution < 1.29 is 4.39 Å². The largest absolute Gasteiger partial charge is 0.367 e. The smallest absolute Gasteiger partial charge is 0.186 e. The Morgan fingerprint density at radius 1 is 1.35 bits per heavy atom. The molecule has 0 aromatic carbocycles. The van der Waals surface area contributed by atoms with E-state index in [4.69, 9.17) is 0 Å². The van der Waals surface area contributed by atoms with Gasteiger partial charge in [0.25, 0.3) is 0 Å². The fourth-order valence-electron chi connectivity index (χ4n) is 2.38. The molecule has 2 rings (SSSR count). The number of hydrogen-bond donors (Lipinski definition) is 1. The molecule has 94 valence electrons. The average Bonchev–Trinajstić information content (AvgIpc) is 2.30. The molecule has 17 heavy (non-hydrogen) atoms. The highest BCUT2D eigenvalue weighted by molar-refractivity contribution is 5.37. The van der Waals surface area contributed by atoms with Gasteiger partial charge in [-0.2, -0.15) is 0 Å². The summed E-state index contributed by atoms with van der Waals surface area (Å²) in [6.07, 6.45) is 6.95. The van der Waals surface area contributed by atoms with Gasteiger partial charge in [-0.15, -0.1) is 0 Å². The third-order valence-corrected chi connectivity index (χ3v) is 3.99. The molecule has 0 bridgehead atoms. The molecule has 4 heteroatoms. The molecule has 1 N–H and O–H groups in total. The number of anilines is 1. The predicted molar refractivity (Wildman–Crippen MR) is 66.4 cm³/mol. The highest BCUT2D eigenvalue weighted by Crippen LogP contribution is 2.43. The molecule has 0 radical (unpaired) electrons. The van der Waals surface area contributed by atoms with Crippen molar-refractivity contribution in [3.8, 4) is 0 Å². The van der Waals surface area contributed by atoms with Crippen LogP contribution in [0.4, 0.5) is 10.2 Å². The summed E-state index contributed by atoms with van der Waals surface area (Å²) in [5.41, 5.74) is 0.852. The molecule has 0 aliphatic heterocycles. The van der Waals surface area contributed by atoms with E-state index in [0.29, 0.717) is 23.3 Å². The fraction of sp³-hybridized carbons (Fsp3) is 0.692. The van der Waals surface area contributed by atoms with Crippen molar-refractivity contribution in [2.45, 2.75) is 46.0 Å². The summed E-state index contributed by atoms with van der Waals surface area (Å²) in [6.45, 7) is 4.92. The van der Waals surface area contributed by atoms with Crippen LogP contribution >= 0.6 is 0 Å². The second kappa shape index (κ2) is 4.98. The fourth-order valence-corrected chi connectivity index (χ4v) is 2.38. The van der Waals surface area contributed by atoms with E-state index in [1.165, 1.54) is 25.6 Å². The lowest BCUT2D eigenvalue weighted by Gasteiger charge is -2.41. The Balaban J connectivity index is 2.04. The van der Waals surface area contributed by atoms with Crippen LogP contribution in [0.1, 0.15) is 45.2 Å². The molecule has 1 saturated carbocycles. The average molecular weight is 237 g/mol. The molecule has 0 atom stereocenters. The molecule has 0 spiro atoms. The van der Waals surface area contributed by atoms with Gasteiger partial charge in [0.1, 0.15) is 6.33 Å². The third kappa shape index (κ3) is 2.40. The Labute approximate surface area is 102 Å². The lowest BCUT2D eigenvalue weighted by Crippen LogP contribution is -2.36. The Bertz CT molecular complexity index is 383. The van der Waals surface area contributed by atoms with E-state index < -0.39 is 0 Å². The van der Waals surface area contributed by atoms with Gasteiger partial charge in [0.2, 0.25) is 0 Å². The summed E-state index contributed by atoms with van der Waals surface area (Å²) in [5.74, 6) is 0.0668. The zero-order valence-electron chi connectivity index (χ0n) is 10.6. The van der Waals surface area contributed by atoms with Gasteiger partial charge in [0.05, 0.1) is 5.69 Å². The first-order chi connectivity index (χ1) is 8.21. The van der Waals surface area contributed by atoms with Crippen LogP contribution in [-0.2, 0) is 6.42 Å². The van der Waals surface area contributed by atoms with Crippen molar-refractivity contribution in [1.82, 2.24) is 9.97 Å². The van der Waals surface area contributed by atoms with Gasteiger partial charge < -0.3 is 5.32 Å². The second-order valence-corrected chi connectivity index (χ2v) is 4.90. The Morgan fingerprint density at radius 2 is 2.12 bits per heavy atom. The van der Waals surface area contributed by atoms with Gasteiger partial charge in [0.15, 0.2) is 11.6 Å². The molecule has 1 fully saturated rings. The maximum absolute atomic E-state index is 13.9. The van der Waals surface area contributed by atoms with Gasteiger partial charge >= 0.3 is 0 Å². The third-order valence-electron chi connectivity index (χ3n) is 3.99. The monoisotopic (exact) mass is 237 g/mol. The van der Waals surface area contributed by atoms with Crippen LogP contribution in [0, 0.1) is 11.2 Å². The molecular weight excluding hydrogens is 217 g/mol. The summed E-state index contributed by atoms with van der Waals surface area (Å²) < 4.78 is 13.9. The number of nitrogens with zero attached hydrogens (tertiary/aromatic N) is 2. The molecule has 1 aliphatic rings. The quantitative estimate of drug-likeness (QED) is 0.854. The van der Waals surface area contributed by atoms with E-state index in [2.05, 4.69) is 22.2 Å². The van der Waals surface area contributed by atoms with Gasteiger partial charge in [-0.25, -0.2) is 14.4 Å².